The zero-order valence-corrected chi connectivity index (χ0v) is 10.5. The molecule has 0 radical (unpaired) electrons. The third-order valence-corrected chi connectivity index (χ3v) is 4.05. The number of rotatable bonds is 1. The molecule has 1 saturated carbocycles. The Hall–Kier alpha value is -1.20. The molecule has 98 valence electrons. The van der Waals surface area contributed by atoms with E-state index in [9.17, 15) is 4.79 Å². The van der Waals surface area contributed by atoms with Crippen LogP contribution in [0.1, 0.15) is 49.2 Å². The molecule has 1 aliphatic heterocycles. The van der Waals surface area contributed by atoms with Crippen LogP contribution in [0, 0.1) is 0 Å². The number of nitrogens with one attached hydrogen (secondary N) is 1. The lowest BCUT2D eigenvalue weighted by Gasteiger charge is -2.32. The van der Waals surface area contributed by atoms with Gasteiger partial charge in [0.05, 0.1) is 30.0 Å². The monoisotopic (exact) mass is 249 g/mol. The van der Waals surface area contributed by atoms with Crippen molar-refractivity contribution in [2.75, 3.05) is 6.61 Å². The molecule has 3 N–H and O–H groups in total. The molecule has 1 aliphatic carbocycles. The largest absolute Gasteiger partial charge is 0.376 e. The SMILES string of the molecule is NC1(c2nc3c(c(=O)[nH]2)COCC3)CCCCC1. The molecule has 18 heavy (non-hydrogen) atoms. The van der Waals surface area contributed by atoms with E-state index in [1.54, 1.807) is 0 Å². The molecule has 0 bridgehead atoms. The summed E-state index contributed by atoms with van der Waals surface area (Å²) in [5.74, 6) is 0.674. The minimum atomic E-state index is -0.440. The summed E-state index contributed by atoms with van der Waals surface area (Å²) in [4.78, 5) is 19.5. The van der Waals surface area contributed by atoms with Crippen LogP contribution in [-0.2, 0) is 23.3 Å². The molecular formula is C13H19N3O2. The summed E-state index contributed by atoms with van der Waals surface area (Å²) in [6.45, 7) is 1.01. The summed E-state index contributed by atoms with van der Waals surface area (Å²) < 4.78 is 5.30. The fraction of sp³-hybridized carbons (Fsp3) is 0.692. The molecule has 0 spiro atoms. The number of nitrogens with zero attached hydrogens (tertiary/aromatic N) is 1. The molecule has 0 unspecified atom stereocenters. The van der Waals surface area contributed by atoms with Crippen molar-refractivity contribution in [1.82, 2.24) is 9.97 Å². The van der Waals surface area contributed by atoms with E-state index in [-0.39, 0.29) is 5.56 Å². The standard InChI is InChI=1S/C13H19N3O2/c14-13(5-2-1-3-6-13)12-15-10-4-7-18-8-9(10)11(17)16-12/h1-8,14H2,(H,15,16,17). The summed E-state index contributed by atoms with van der Waals surface area (Å²) in [6.07, 6.45) is 5.97. The lowest BCUT2D eigenvalue weighted by atomic mass is 9.82. The summed E-state index contributed by atoms with van der Waals surface area (Å²) in [6, 6.07) is 0. The lowest BCUT2D eigenvalue weighted by Crippen LogP contribution is -2.42. The Morgan fingerprint density at radius 2 is 2.06 bits per heavy atom. The van der Waals surface area contributed by atoms with E-state index in [0.29, 0.717) is 31.0 Å². The molecule has 0 amide bonds. The van der Waals surface area contributed by atoms with Gasteiger partial charge >= 0.3 is 0 Å². The number of fused-ring (bicyclic) bond motifs is 1. The molecule has 1 aromatic heterocycles. The quantitative estimate of drug-likeness (QED) is 0.776. The van der Waals surface area contributed by atoms with Crippen LogP contribution in [0.15, 0.2) is 4.79 Å². The van der Waals surface area contributed by atoms with Gasteiger partial charge in [-0.1, -0.05) is 19.3 Å². The highest BCUT2D eigenvalue weighted by atomic mass is 16.5. The van der Waals surface area contributed by atoms with Gasteiger partial charge in [-0.25, -0.2) is 4.98 Å². The average Bonchev–Trinajstić information content (AvgIpc) is 2.39. The molecule has 0 saturated heterocycles. The minimum Gasteiger partial charge on any atom is -0.376 e. The van der Waals surface area contributed by atoms with E-state index in [1.807, 2.05) is 0 Å². The van der Waals surface area contributed by atoms with E-state index >= 15 is 0 Å². The van der Waals surface area contributed by atoms with Gasteiger partial charge in [-0.3, -0.25) is 4.79 Å². The summed E-state index contributed by atoms with van der Waals surface area (Å²) in [5.41, 5.74) is 7.44. The van der Waals surface area contributed by atoms with E-state index in [4.69, 9.17) is 10.5 Å². The number of hydrogen-bond acceptors (Lipinski definition) is 4. The molecule has 2 heterocycles. The van der Waals surface area contributed by atoms with Crippen molar-refractivity contribution in [3.05, 3.63) is 27.4 Å². The van der Waals surface area contributed by atoms with Gasteiger partial charge < -0.3 is 15.5 Å². The van der Waals surface area contributed by atoms with Gasteiger partial charge in [-0.2, -0.15) is 0 Å². The van der Waals surface area contributed by atoms with Crippen LogP contribution >= 0.6 is 0 Å². The molecule has 0 atom stereocenters. The topological polar surface area (TPSA) is 81.0 Å². The van der Waals surface area contributed by atoms with Crippen LogP contribution in [0.2, 0.25) is 0 Å². The number of H-pyrrole nitrogens is 1. The first kappa shape index (κ1) is 11.9. The van der Waals surface area contributed by atoms with Crippen molar-refractivity contribution in [3.63, 3.8) is 0 Å². The number of hydrogen-bond donors (Lipinski definition) is 2. The van der Waals surface area contributed by atoms with Crippen molar-refractivity contribution in [2.24, 2.45) is 5.73 Å². The maximum Gasteiger partial charge on any atom is 0.256 e. The van der Waals surface area contributed by atoms with Crippen molar-refractivity contribution >= 4 is 0 Å². The second kappa shape index (κ2) is 4.48. The zero-order valence-electron chi connectivity index (χ0n) is 10.5. The second-order valence-corrected chi connectivity index (χ2v) is 5.36. The van der Waals surface area contributed by atoms with Crippen LogP contribution < -0.4 is 11.3 Å². The number of aromatic nitrogens is 2. The smallest absolute Gasteiger partial charge is 0.256 e. The first-order chi connectivity index (χ1) is 8.69. The molecular weight excluding hydrogens is 230 g/mol. The number of aromatic amines is 1. The van der Waals surface area contributed by atoms with Crippen molar-refractivity contribution in [1.29, 1.82) is 0 Å². The highest BCUT2D eigenvalue weighted by Gasteiger charge is 2.33. The Morgan fingerprint density at radius 3 is 2.83 bits per heavy atom. The highest BCUT2D eigenvalue weighted by Crippen LogP contribution is 2.32. The second-order valence-electron chi connectivity index (χ2n) is 5.36. The van der Waals surface area contributed by atoms with Crippen molar-refractivity contribution < 1.29 is 4.74 Å². The van der Waals surface area contributed by atoms with Crippen LogP contribution in [0.5, 0.6) is 0 Å². The first-order valence-electron chi connectivity index (χ1n) is 6.68. The van der Waals surface area contributed by atoms with Gasteiger partial charge in [0.2, 0.25) is 0 Å². The minimum absolute atomic E-state index is 0.0786. The third-order valence-electron chi connectivity index (χ3n) is 4.05. The number of nitrogens with two attached hydrogens (primary N) is 1. The van der Waals surface area contributed by atoms with Crippen molar-refractivity contribution in [3.8, 4) is 0 Å². The van der Waals surface area contributed by atoms with E-state index in [1.165, 1.54) is 6.42 Å². The van der Waals surface area contributed by atoms with Gasteiger partial charge in [0.25, 0.3) is 5.56 Å². The van der Waals surface area contributed by atoms with Gasteiger partial charge in [0, 0.05) is 6.42 Å². The lowest BCUT2D eigenvalue weighted by molar-refractivity contribution is 0.107. The van der Waals surface area contributed by atoms with Crippen molar-refractivity contribution in [2.45, 2.75) is 50.7 Å². The van der Waals surface area contributed by atoms with E-state index in [0.717, 1.165) is 31.4 Å². The summed E-state index contributed by atoms with van der Waals surface area (Å²) >= 11 is 0. The van der Waals surface area contributed by atoms with Gasteiger partial charge in [-0.15, -0.1) is 0 Å². The predicted octanol–water partition coefficient (Wildman–Crippen LogP) is 0.961. The zero-order chi connectivity index (χ0) is 12.6. The summed E-state index contributed by atoms with van der Waals surface area (Å²) in [7, 11) is 0. The van der Waals surface area contributed by atoms with Gasteiger partial charge in [0.15, 0.2) is 0 Å². The Kier molecular flexibility index (Phi) is 2.95. The van der Waals surface area contributed by atoms with Crippen LogP contribution in [0.25, 0.3) is 0 Å². The maximum absolute atomic E-state index is 12.0. The predicted molar refractivity (Wildman–Crippen MR) is 67.2 cm³/mol. The maximum atomic E-state index is 12.0. The molecule has 1 fully saturated rings. The molecule has 1 aromatic rings. The summed E-state index contributed by atoms with van der Waals surface area (Å²) in [5, 5.41) is 0. The number of ether oxygens (including phenoxy) is 1. The highest BCUT2D eigenvalue weighted by molar-refractivity contribution is 5.21. The molecule has 5 heteroatoms. The van der Waals surface area contributed by atoms with Crippen LogP contribution in [0.3, 0.4) is 0 Å². The molecule has 2 aliphatic rings. The van der Waals surface area contributed by atoms with E-state index in [2.05, 4.69) is 9.97 Å². The molecule has 3 rings (SSSR count). The van der Waals surface area contributed by atoms with Gasteiger partial charge in [0.1, 0.15) is 5.82 Å². The molecule has 0 aromatic carbocycles. The fourth-order valence-electron chi connectivity index (χ4n) is 2.90. The normalized spacial score (nSPS) is 22.5. The Labute approximate surface area is 106 Å². The Morgan fingerprint density at radius 1 is 1.28 bits per heavy atom. The average molecular weight is 249 g/mol. The van der Waals surface area contributed by atoms with E-state index < -0.39 is 5.54 Å². The first-order valence-corrected chi connectivity index (χ1v) is 6.68. The van der Waals surface area contributed by atoms with Crippen LogP contribution in [0.4, 0.5) is 0 Å². The van der Waals surface area contributed by atoms with Crippen LogP contribution in [-0.4, -0.2) is 16.6 Å². The third kappa shape index (κ3) is 1.97. The van der Waals surface area contributed by atoms with Gasteiger partial charge in [-0.05, 0) is 12.8 Å². The molecule has 5 nitrogen and oxygen atoms in total. The Balaban J connectivity index is 2.02. The fourth-order valence-corrected chi connectivity index (χ4v) is 2.90. The Bertz CT molecular complexity index is 503.